The zero-order valence-corrected chi connectivity index (χ0v) is 12.2. The molecule has 20 heavy (non-hydrogen) atoms. The number of aliphatic carboxylic acids is 1. The Hall–Kier alpha value is -1.81. The Morgan fingerprint density at radius 3 is 2.80 bits per heavy atom. The van der Waals surface area contributed by atoms with Crippen molar-refractivity contribution in [3.63, 3.8) is 0 Å². The molecule has 0 radical (unpaired) electrons. The highest BCUT2D eigenvalue weighted by Gasteiger charge is 2.20. The van der Waals surface area contributed by atoms with E-state index in [2.05, 4.69) is 10.3 Å². The number of carboxylic acids is 1. The lowest BCUT2D eigenvalue weighted by atomic mass is 10.0. The number of pyridine rings is 1. The van der Waals surface area contributed by atoms with Crippen LogP contribution in [0.15, 0.2) is 30.5 Å². The second kappa shape index (κ2) is 6.09. The molecule has 1 atom stereocenters. The van der Waals surface area contributed by atoms with Gasteiger partial charge in [0.15, 0.2) is 0 Å². The molecule has 0 aliphatic heterocycles. The summed E-state index contributed by atoms with van der Waals surface area (Å²) in [6.45, 7) is 3.97. The molecule has 0 aliphatic rings. The van der Waals surface area contributed by atoms with Crippen LogP contribution in [0.5, 0.6) is 0 Å². The van der Waals surface area contributed by atoms with Gasteiger partial charge in [-0.25, -0.2) is 9.78 Å². The zero-order valence-electron chi connectivity index (χ0n) is 11.4. The summed E-state index contributed by atoms with van der Waals surface area (Å²) >= 11 is 6.20. The van der Waals surface area contributed by atoms with Crippen LogP contribution in [0.3, 0.4) is 0 Å². The van der Waals surface area contributed by atoms with Crippen LogP contribution in [0.4, 0.5) is 5.82 Å². The van der Waals surface area contributed by atoms with Gasteiger partial charge in [-0.3, -0.25) is 0 Å². The summed E-state index contributed by atoms with van der Waals surface area (Å²) in [5.74, 6) is -0.0974. The van der Waals surface area contributed by atoms with Crippen molar-refractivity contribution in [3.8, 4) is 0 Å². The van der Waals surface area contributed by atoms with E-state index >= 15 is 0 Å². The van der Waals surface area contributed by atoms with Gasteiger partial charge < -0.3 is 10.4 Å². The molecule has 0 saturated carbocycles. The normalized spacial score (nSPS) is 12.6. The van der Waals surface area contributed by atoms with Crippen molar-refractivity contribution in [1.29, 1.82) is 0 Å². The molecule has 0 bridgehead atoms. The van der Waals surface area contributed by atoms with Crippen LogP contribution in [0, 0.1) is 5.92 Å². The number of nitrogens with one attached hydrogen (secondary N) is 1. The standard InChI is InChI=1S/C15H17ClN2O2/c1-9(2)8-12(15(19)20)18-14-13-10(6-7-17-14)4-3-5-11(13)16/h3-7,9,12H,8H2,1-2H3,(H,17,18)(H,19,20). The fourth-order valence-electron chi connectivity index (χ4n) is 2.15. The maximum absolute atomic E-state index is 11.3. The third kappa shape index (κ3) is 3.20. The summed E-state index contributed by atoms with van der Waals surface area (Å²) in [5, 5.41) is 14.6. The van der Waals surface area contributed by atoms with Gasteiger partial charge in [-0.1, -0.05) is 37.6 Å². The molecule has 1 unspecified atom stereocenters. The first kappa shape index (κ1) is 14.6. The molecule has 2 N–H and O–H groups in total. The number of carboxylic acid groups (broad SMARTS) is 1. The van der Waals surface area contributed by atoms with Gasteiger partial charge in [0.05, 0.1) is 5.02 Å². The minimum absolute atomic E-state index is 0.272. The molecule has 106 valence electrons. The summed E-state index contributed by atoms with van der Waals surface area (Å²) in [7, 11) is 0. The van der Waals surface area contributed by atoms with Gasteiger partial charge in [-0.05, 0) is 29.9 Å². The SMILES string of the molecule is CC(C)CC(Nc1nccc2cccc(Cl)c12)C(=O)O. The predicted octanol–water partition coefficient (Wildman–Crippen LogP) is 3.80. The van der Waals surface area contributed by atoms with Crippen molar-refractivity contribution in [2.24, 2.45) is 5.92 Å². The highest BCUT2D eigenvalue weighted by atomic mass is 35.5. The van der Waals surface area contributed by atoms with E-state index in [1.165, 1.54) is 0 Å². The van der Waals surface area contributed by atoms with Crippen LogP contribution in [0.2, 0.25) is 5.02 Å². The van der Waals surface area contributed by atoms with Crippen LogP contribution in [0.25, 0.3) is 10.8 Å². The van der Waals surface area contributed by atoms with E-state index in [-0.39, 0.29) is 5.92 Å². The van der Waals surface area contributed by atoms with Crippen LogP contribution in [-0.4, -0.2) is 22.1 Å². The molecule has 1 aromatic carbocycles. The summed E-state index contributed by atoms with van der Waals surface area (Å²) in [6, 6.07) is 6.73. The predicted molar refractivity (Wildman–Crippen MR) is 81.3 cm³/mol. The highest BCUT2D eigenvalue weighted by molar-refractivity contribution is 6.36. The number of halogens is 1. The number of anilines is 1. The van der Waals surface area contributed by atoms with Crippen LogP contribution in [-0.2, 0) is 4.79 Å². The zero-order chi connectivity index (χ0) is 14.7. The lowest BCUT2D eigenvalue weighted by Crippen LogP contribution is -2.31. The Labute approximate surface area is 122 Å². The topological polar surface area (TPSA) is 62.2 Å². The Kier molecular flexibility index (Phi) is 4.45. The Morgan fingerprint density at radius 1 is 1.40 bits per heavy atom. The average molecular weight is 293 g/mol. The Morgan fingerprint density at radius 2 is 2.15 bits per heavy atom. The van der Waals surface area contributed by atoms with E-state index < -0.39 is 12.0 Å². The van der Waals surface area contributed by atoms with Crippen LogP contribution in [0.1, 0.15) is 20.3 Å². The molecule has 1 heterocycles. The van der Waals surface area contributed by atoms with Gasteiger partial charge in [0.2, 0.25) is 0 Å². The summed E-state index contributed by atoms with van der Waals surface area (Å²) in [4.78, 5) is 15.6. The lowest BCUT2D eigenvalue weighted by molar-refractivity contribution is -0.138. The molecular formula is C15H17ClN2O2. The van der Waals surface area contributed by atoms with E-state index in [4.69, 9.17) is 11.6 Å². The second-order valence-electron chi connectivity index (χ2n) is 5.16. The molecule has 1 aromatic heterocycles. The number of carbonyl (C=O) groups is 1. The molecule has 0 fully saturated rings. The Bertz CT molecular complexity index is 623. The number of hydrogen-bond donors (Lipinski definition) is 2. The third-order valence-electron chi connectivity index (χ3n) is 3.06. The molecule has 2 aromatic rings. The number of fused-ring (bicyclic) bond motifs is 1. The summed E-state index contributed by atoms with van der Waals surface area (Å²) < 4.78 is 0. The van der Waals surface area contributed by atoms with Gasteiger partial charge in [0.25, 0.3) is 0 Å². The van der Waals surface area contributed by atoms with Crippen molar-refractivity contribution < 1.29 is 9.90 Å². The molecule has 4 nitrogen and oxygen atoms in total. The number of aromatic nitrogens is 1. The van der Waals surface area contributed by atoms with E-state index in [9.17, 15) is 9.90 Å². The fraction of sp³-hybridized carbons (Fsp3) is 0.333. The Balaban J connectivity index is 2.39. The second-order valence-corrected chi connectivity index (χ2v) is 5.57. The third-order valence-corrected chi connectivity index (χ3v) is 3.37. The molecular weight excluding hydrogens is 276 g/mol. The first-order valence-corrected chi connectivity index (χ1v) is 6.89. The molecule has 2 rings (SSSR count). The van der Waals surface area contributed by atoms with E-state index in [1.54, 1.807) is 12.3 Å². The minimum Gasteiger partial charge on any atom is -0.480 e. The maximum atomic E-state index is 11.3. The average Bonchev–Trinajstić information content (AvgIpc) is 2.37. The molecule has 5 heteroatoms. The van der Waals surface area contributed by atoms with Gasteiger partial charge >= 0.3 is 5.97 Å². The molecule has 0 aliphatic carbocycles. The lowest BCUT2D eigenvalue weighted by Gasteiger charge is -2.18. The van der Waals surface area contributed by atoms with Crippen LogP contribution < -0.4 is 5.32 Å². The number of benzene rings is 1. The summed E-state index contributed by atoms with van der Waals surface area (Å²) in [6.07, 6.45) is 2.17. The number of nitrogens with zero attached hydrogens (tertiary/aromatic N) is 1. The summed E-state index contributed by atoms with van der Waals surface area (Å²) in [5.41, 5.74) is 0. The largest absolute Gasteiger partial charge is 0.480 e. The van der Waals surface area contributed by atoms with E-state index in [0.717, 1.165) is 10.8 Å². The first-order chi connectivity index (χ1) is 9.49. The van der Waals surface area contributed by atoms with Crippen molar-refractivity contribution in [1.82, 2.24) is 4.98 Å². The molecule has 0 amide bonds. The van der Waals surface area contributed by atoms with Gasteiger partial charge in [0, 0.05) is 11.6 Å². The fourth-order valence-corrected chi connectivity index (χ4v) is 2.42. The van der Waals surface area contributed by atoms with E-state index in [1.807, 2.05) is 32.0 Å². The number of rotatable bonds is 5. The van der Waals surface area contributed by atoms with Gasteiger partial charge in [-0.15, -0.1) is 0 Å². The van der Waals surface area contributed by atoms with Gasteiger partial charge in [0.1, 0.15) is 11.9 Å². The smallest absolute Gasteiger partial charge is 0.326 e. The van der Waals surface area contributed by atoms with Crippen molar-refractivity contribution in [3.05, 3.63) is 35.5 Å². The number of hydrogen-bond acceptors (Lipinski definition) is 3. The first-order valence-electron chi connectivity index (χ1n) is 6.51. The monoisotopic (exact) mass is 292 g/mol. The molecule has 0 saturated heterocycles. The van der Waals surface area contributed by atoms with Crippen LogP contribution >= 0.6 is 11.6 Å². The van der Waals surface area contributed by atoms with E-state index in [0.29, 0.717) is 17.3 Å². The van der Waals surface area contributed by atoms with Gasteiger partial charge in [-0.2, -0.15) is 0 Å². The van der Waals surface area contributed by atoms with Crippen molar-refractivity contribution >= 4 is 34.2 Å². The highest BCUT2D eigenvalue weighted by Crippen LogP contribution is 2.29. The van der Waals surface area contributed by atoms with Crippen molar-refractivity contribution in [2.75, 3.05) is 5.32 Å². The van der Waals surface area contributed by atoms with Crippen molar-refractivity contribution in [2.45, 2.75) is 26.3 Å². The quantitative estimate of drug-likeness (QED) is 0.880. The minimum atomic E-state index is -0.885. The maximum Gasteiger partial charge on any atom is 0.326 e. The molecule has 0 spiro atoms.